The maximum atomic E-state index is 3.56. The highest BCUT2D eigenvalue weighted by Gasteiger charge is 2.02. The average Bonchev–Trinajstić information content (AvgIpc) is 2.91. The molecule has 3 aromatic rings. The fourth-order valence-corrected chi connectivity index (χ4v) is 3.42. The second kappa shape index (κ2) is 6.69. The molecule has 102 valence electrons. The molecule has 1 aromatic heterocycles. The second-order valence-corrected chi connectivity index (χ2v) is 5.93. The zero-order valence-electron chi connectivity index (χ0n) is 11.5. The Morgan fingerprint density at radius 2 is 1.70 bits per heavy atom. The summed E-state index contributed by atoms with van der Waals surface area (Å²) in [6, 6.07) is 19.3. The van der Waals surface area contributed by atoms with Crippen LogP contribution in [0.1, 0.15) is 17.5 Å². The van der Waals surface area contributed by atoms with Crippen molar-refractivity contribution in [3.05, 3.63) is 71.1 Å². The van der Waals surface area contributed by atoms with Gasteiger partial charge in [0.25, 0.3) is 0 Å². The normalized spacial score (nSPS) is 11.0. The molecule has 1 heterocycles. The van der Waals surface area contributed by atoms with Gasteiger partial charge in [0.1, 0.15) is 0 Å². The molecule has 3 rings (SSSR count). The van der Waals surface area contributed by atoms with E-state index in [-0.39, 0.29) is 0 Å². The molecule has 0 aliphatic carbocycles. The Bertz CT molecular complexity index is 657. The number of hydrogen-bond donors (Lipinski definition) is 1. The molecule has 1 nitrogen and oxygen atoms in total. The van der Waals surface area contributed by atoms with Gasteiger partial charge in [0.2, 0.25) is 0 Å². The van der Waals surface area contributed by atoms with Gasteiger partial charge >= 0.3 is 0 Å². The first-order chi connectivity index (χ1) is 9.93. The molecule has 20 heavy (non-hydrogen) atoms. The van der Waals surface area contributed by atoms with Gasteiger partial charge in [-0.05, 0) is 47.3 Å². The zero-order chi connectivity index (χ0) is 13.6. The Labute approximate surface area is 124 Å². The summed E-state index contributed by atoms with van der Waals surface area (Å²) in [6.45, 7) is 2.04. The van der Waals surface area contributed by atoms with Gasteiger partial charge in [-0.3, -0.25) is 0 Å². The summed E-state index contributed by atoms with van der Waals surface area (Å²) in [4.78, 5) is 0. The molecule has 0 atom stereocenters. The van der Waals surface area contributed by atoms with Gasteiger partial charge in [0.05, 0.1) is 0 Å². The second-order valence-electron chi connectivity index (χ2n) is 5.02. The summed E-state index contributed by atoms with van der Waals surface area (Å²) < 4.78 is 1.38. The largest absolute Gasteiger partial charge is 0.313 e. The van der Waals surface area contributed by atoms with Gasteiger partial charge in [-0.15, -0.1) is 11.3 Å². The van der Waals surface area contributed by atoms with Gasteiger partial charge in [-0.1, -0.05) is 48.5 Å². The van der Waals surface area contributed by atoms with Crippen LogP contribution in [0.3, 0.4) is 0 Å². The number of thiophene rings is 1. The van der Waals surface area contributed by atoms with Gasteiger partial charge in [-0.2, -0.15) is 0 Å². The highest BCUT2D eigenvalue weighted by atomic mass is 32.1. The summed E-state index contributed by atoms with van der Waals surface area (Å²) in [7, 11) is 0. The van der Waals surface area contributed by atoms with E-state index >= 15 is 0 Å². The molecular formula is C18H19NS. The zero-order valence-corrected chi connectivity index (χ0v) is 12.3. The Kier molecular flexibility index (Phi) is 4.46. The lowest BCUT2D eigenvalue weighted by atomic mass is 10.1. The highest BCUT2D eigenvalue weighted by molar-refractivity contribution is 7.17. The molecule has 1 N–H and O–H groups in total. The van der Waals surface area contributed by atoms with Gasteiger partial charge in [-0.25, -0.2) is 0 Å². The maximum absolute atomic E-state index is 3.56. The van der Waals surface area contributed by atoms with Crippen molar-refractivity contribution in [3.8, 4) is 0 Å². The van der Waals surface area contributed by atoms with E-state index in [4.69, 9.17) is 0 Å². The number of hydrogen-bond acceptors (Lipinski definition) is 2. The lowest BCUT2D eigenvalue weighted by molar-refractivity contribution is 0.652. The van der Waals surface area contributed by atoms with Crippen LogP contribution in [0.15, 0.2) is 60.0 Å². The number of aryl methyl sites for hydroxylation is 1. The predicted octanol–water partition coefficient (Wildman–Crippen LogP) is 4.62. The van der Waals surface area contributed by atoms with E-state index in [0.29, 0.717) is 0 Å². The average molecular weight is 281 g/mol. The lowest BCUT2D eigenvalue weighted by Crippen LogP contribution is -2.15. The van der Waals surface area contributed by atoms with E-state index < -0.39 is 0 Å². The highest BCUT2D eigenvalue weighted by Crippen LogP contribution is 2.25. The predicted molar refractivity (Wildman–Crippen MR) is 88.3 cm³/mol. The Morgan fingerprint density at radius 3 is 2.60 bits per heavy atom. The third kappa shape index (κ3) is 3.27. The molecule has 0 fully saturated rings. The van der Waals surface area contributed by atoms with E-state index in [1.165, 1.54) is 27.6 Å². The lowest BCUT2D eigenvalue weighted by Gasteiger charge is -2.04. The van der Waals surface area contributed by atoms with Crippen LogP contribution in [-0.4, -0.2) is 6.54 Å². The molecule has 2 heteroatoms. The fourth-order valence-electron chi connectivity index (χ4n) is 2.45. The molecule has 0 saturated heterocycles. The van der Waals surface area contributed by atoms with Gasteiger partial charge in [0.15, 0.2) is 0 Å². The molecule has 0 amide bonds. The minimum atomic E-state index is 0.971. The summed E-state index contributed by atoms with van der Waals surface area (Å²) in [5, 5.41) is 7.23. The molecule has 0 aliphatic rings. The van der Waals surface area contributed by atoms with Crippen molar-refractivity contribution in [3.63, 3.8) is 0 Å². The van der Waals surface area contributed by atoms with E-state index in [1.807, 2.05) is 11.3 Å². The molecular weight excluding hydrogens is 262 g/mol. The molecule has 0 spiro atoms. The summed E-state index contributed by atoms with van der Waals surface area (Å²) in [6.07, 6.45) is 2.34. The van der Waals surface area contributed by atoms with Gasteiger partial charge < -0.3 is 5.32 Å². The quantitative estimate of drug-likeness (QED) is 0.650. The van der Waals surface area contributed by atoms with E-state index in [9.17, 15) is 0 Å². The Balaban J connectivity index is 1.46. The minimum Gasteiger partial charge on any atom is -0.313 e. The van der Waals surface area contributed by atoms with Crippen molar-refractivity contribution in [2.45, 2.75) is 19.4 Å². The minimum absolute atomic E-state index is 0.971. The SMILES string of the molecule is c1ccc(CCCNCc2csc3ccccc23)cc1. The summed E-state index contributed by atoms with van der Waals surface area (Å²) in [5.74, 6) is 0. The van der Waals surface area contributed by atoms with Crippen LogP contribution in [0.25, 0.3) is 10.1 Å². The number of rotatable bonds is 6. The maximum Gasteiger partial charge on any atom is 0.0346 e. The van der Waals surface area contributed by atoms with Crippen molar-refractivity contribution >= 4 is 21.4 Å². The van der Waals surface area contributed by atoms with Crippen LogP contribution in [0.2, 0.25) is 0 Å². The molecule has 0 unspecified atom stereocenters. The van der Waals surface area contributed by atoms with Crippen molar-refractivity contribution < 1.29 is 0 Å². The van der Waals surface area contributed by atoms with Gasteiger partial charge in [0, 0.05) is 11.2 Å². The van der Waals surface area contributed by atoms with Crippen LogP contribution in [0.4, 0.5) is 0 Å². The van der Waals surface area contributed by atoms with Crippen molar-refractivity contribution in [2.24, 2.45) is 0 Å². The smallest absolute Gasteiger partial charge is 0.0346 e. The topological polar surface area (TPSA) is 12.0 Å². The first-order valence-electron chi connectivity index (χ1n) is 7.13. The molecule has 0 bridgehead atoms. The summed E-state index contributed by atoms with van der Waals surface area (Å²) >= 11 is 1.83. The fraction of sp³-hybridized carbons (Fsp3) is 0.222. The van der Waals surface area contributed by atoms with Crippen LogP contribution in [0, 0.1) is 0 Å². The first-order valence-corrected chi connectivity index (χ1v) is 8.01. The van der Waals surface area contributed by atoms with E-state index in [0.717, 1.165) is 19.5 Å². The Hall–Kier alpha value is -1.64. The van der Waals surface area contributed by atoms with Crippen LogP contribution >= 0.6 is 11.3 Å². The number of nitrogens with one attached hydrogen (secondary N) is 1. The molecule has 0 aliphatic heterocycles. The molecule has 0 radical (unpaired) electrons. The van der Waals surface area contributed by atoms with Crippen LogP contribution in [0.5, 0.6) is 0 Å². The van der Waals surface area contributed by atoms with E-state index in [1.54, 1.807) is 0 Å². The standard InChI is InChI=1S/C18H19NS/c1-2-7-15(8-3-1)9-6-12-19-13-16-14-20-18-11-5-4-10-17(16)18/h1-5,7-8,10-11,14,19H,6,9,12-13H2. The van der Waals surface area contributed by atoms with Crippen molar-refractivity contribution in [1.82, 2.24) is 5.32 Å². The van der Waals surface area contributed by atoms with Crippen molar-refractivity contribution in [1.29, 1.82) is 0 Å². The number of fused-ring (bicyclic) bond motifs is 1. The monoisotopic (exact) mass is 281 g/mol. The van der Waals surface area contributed by atoms with E-state index in [2.05, 4.69) is 65.3 Å². The van der Waals surface area contributed by atoms with Crippen LogP contribution < -0.4 is 5.32 Å². The Morgan fingerprint density at radius 1 is 0.900 bits per heavy atom. The van der Waals surface area contributed by atoms with Crippen LogP contribution in [-0.2, 0) is 13.0 Å². The third-order valence-corrected chi connectivity index (χ3v) is 4.55. The molecule has 2 aromatic carbocycles. The van der Waals surface area contributed by atoms with Crippen molar-refractivity contribution in [2.75, 3.05) is 6.54 Å². The third-order valence-electron chi connectivity index (χ3n) is 3.54. The first kappa shape index (κ1) is 13.3. The summed E-state index contributed by atoms with van der Waals surface area (Å²) in [5.41, 5.74) is 2.85. The number of benzene rings is 2. The molecule has 0 saturated carbocycles.